The van der Waals surface area contributed by atoms with Crippen molar-refractivity contribution in [2.45, 2.75) is 25.0 Å². The van der Waals surface area contributed by atoms with Gasteiger partial charge in [-0.05, 0) is 18.4 Å². The zero-order valence-corrected chi connectivity index (χ0v) is 11.6. The summed E-state index contributed by atoms with van der Waals surface area (Å²) in [5.41, 5.74) is 1.68. The predicted octanol–water partition coefficient (Wildman–Crippen LogP) is 1.89. The van der Waals surface area contributed by atoms with Gasteiger partial charge in [0.1, 0.15) is 0 Å². The Morgan fingerprint density at radius 2 is 1.95 bits per heavy atom. The molecule has 21 heavy (non-hydrogen) atoms. The highest BCUT2D eigenvalue weighted by Crippen LogP contribution is 2.37. The Morgan fingerprint density at radius 3 is 2.57 bits per heavy atom. The first-order valence-electron chi connectivity index (χ1n) is 7.09. The molecule has 2 N–H and O–H groups in total. The topological polar surface area (TPSA) is 82.4 Å². The summed E-state index contributed by atoms with van der Waals surface area (Å²) in [5.74, 6) is -1.41. The zero-order valence-electron chi connectivity index (χ0n) is 11.6. The fourth-order valence-corrected chi connectivity index (χ4v) is 2.96. The van der Waals surface area contributed by atoms with Crippen LogP contribution in [0.25, 0.3) is 0 Å². The Balaban J connectivity index is 1.64. The SMILES string of the molecule is O=C(O)N1CCC(C2(O)CC(c3ccccc3)=NO2)CC1. The number of oxime groups is 1. The van der Waals surface area contributed by atoms with E-state index < -0.39 is 11.9 Å². The molecule has 1 aromatic rings. The summed E-state index contributed by atoms with van der Waals surface area (Å²) >= 11 is 0. The number of rotatable bonds is 2. The fourth-order valence-electron chi connectivity index (χ4n) is 2.96. The Labute approximate surface area is 122 Å². The number of nitrogens with zero attached hydrogens (tertiary/aromatic N) is 2. The van der Waals surface area contributed by atoms with Crippen molar-refractivity contribution in [3.8, 4) is 0 Å². The van der Waals surface area contributed by atoms with Gasteiger partial charge >= 0.3 is 6.09 Å². The van der Waals surface area contributed by atoms with Gasteiger partial charge in [-0.15, -0.1) is 0 Å². The standard InChI is InChI=1S/C15H18N2O4/c18-14(19)17-8-6-12(7-9-17)15(20)10-13(16-21-15)11-4-2-1-3-5-11/h1-5,12,20H,6-10H2,(H,18,19). The van der Waals surface area contributed by atoms with Gasteiger partial charge in [0, 0.05) is 19.0 Å². The molecule has 1 atom stereocenters. The Kier molecular flexibility index (Phi) is 3.55. The minimum Gasteiger partial charge on any atom is -0.465 e. The maximum atomic E-state index is 10.9. The molecule has 0 aromatic heterocycles. The third-order valence-corrected chi connectivity index (χ3v) is 4.25. The molecule has 2 aliphatic heterocycles. The van der Waals surface area contributed by atoms with Crippen LogP contribution in [0.3, 0.4) is 0 Å². The number of benzene rings is 1. The molecule has 3 rings (SSSR count). The summed E-state index contributed by atoms with van der Waals surface area (Å²) in [6.07, 6.45) is 0.601. The van der Waals surface area contributed by atoms with Crippen LogP contribution in [-0.4, -0.2) is 45.8 Å². The van der Waals surface area contributed by atoms with Crippen LogP contribution in [0.5, 0.6) is 0 Å². The Morgan fingerprint density at radius 1 is 1.29 bits per heavy atom. The number of hydrogen-bond acceptors (Lipinski definition) is 4. The predicted molar refractivity (Wildman–Crippen MR) is 76.0 cm³/mol. The quantitative estimate of drug-likeness (QED) is 0.871. The molecule has 1 fully saturated rings. The van der Waals surface area contributed by atoms with Crippen LogP contribution in [-0.2, 0) is 4.84 Å². The molecule has 112 valence electrons. The lowest BCUT2D eigenvalue weighted by Crippen LogP contribution is -2.46. The zero-order chi connectivity index (χ0) is 14.9. The maximum absolute atomic E-state index is 10.9. The van der Waals surface area contributed by atoms with E-state index in [1.54, 1.807) is 0 Å². The van der Waals surface area contributed by atoms with Gasteiger partial charge in [0.15, 0.2) is 0 Å². The number of piperidine rings is 1. The molecule has 0 bridgehead atoms. The van der Waals surface area contributed by atoms with E-state index >= 15 is 0 Å². The molecule has 0 radical (unpaired) electrons. The van der Waals surface area contributed by atoms with Crippen molar-refractivity contribution in [3.05, 3.63) is 35.9 Å². The average Bonchev–Trinajstić information content (AvgIpc) is 2.92. The molecular formula is C15H18N2O4. The minimum atomic E-state index is -1.31. The summed E-state index contributed by atoms with van der Waals surface area (Å²) in [4.78, 5) is 17.6. The molecule has 1 aromatic carbocycles. The molecule has 0 spiro atoms. The number of carbonyl (C=O) groups is 1. The first-order chi connectivity index (χ1) is 10.1. The highest BCUT2D eigenvalue weighted by atomic mass is 16.7. The Hall–Kier alpha value is -2.08. The third kappa shape index (κ3) is 2.71. The van der Waals surface area contributed by atoms with Gasteiger partial charge < -0.3 is 20.0 Å². The molecule has 0 saturated carbocycles. The Bertz CT molecular complexity index is 552. The largest absolute Gasteiger partial charge is 0.465 e. The van der Waals surface area contributed by atoms with Crippen molar-refractivity contribution in [1.29, 1.82) is 0 Å². The van der Waals surface area contributed by atoms with Crippen molar-refractivity contribution in [2.75, 3.05) is 13.1 Å². The number of hydrogen-bond donors (Lipinski definition) is 2. The summed E-state index contributed by atoms with van der Waals surface area (Å²) in [5, 5.41) is 23.6. The van der Waals surface area contributed by atoms with Gasteiger partial charge in [0.2, 0.25) is 5.79 Å². The molecule has 6 heteroatoms. The molecule has 1 unspecified atom stereocenters. The van der Waals surface area contributed by atoms with E-state index in [-0.39, 0.29) is 5.92 Å². The van der Waals surface area contributed by atoms with Gasteiger partial charge in [0.25, 0.3) is 0 Å². The lowest BCUT2D eigenvalue weighted by Gasteiger charge is -2.36. The van der Waals surface area contributed by atoms with Gasteiger partial charge in [0.05, 0.1) is 12.1 Å². The van der Waals surface area contributed by atoms with E-state index in [4.69, 9.17) is 9.94 Å². The summed E-state index contributed by atoms with van der Waals surface area (Å²) in [7, 11) is 0. The molecule has 1 saturated heterocycles. The van der Waals surface area contributed by atoms with Gasteiger partial charge in [-0.1, -0.05) is 35.5 Å². The van der Waals surface area contributed by atoms with Gasteiger partial charge in [-0.25, -0.2) is 4.79 Å². The first-order valence-corrected chi connectivity index (χ1v) is 7.09. The number of likely N-dealkylation sites (tertiary alicyclic amines) is 1. The molecule has 1 amide bonds. The van der Waals surface area contributed by atoms with E-state index in [2.05, 4.69) is 5.16 Å². The van der Waals surface area contributed by atoms with Crippen LogP contribution in [0.1, 0.15) is 24.8 Å². The summed E-state index contributed by atoms with van der Waals surface area (Å²) < 4.78 is 0. The molecular weight excluding hydrogens is 272 g/mol. The molecule has 2 heterocycles. The smallest absolute Gasteiger partial charge is 0.407 e. The van der Waals surface area contributed by atoms with E-state index in [0.29, 0.717) is 32.4 Å². The monoisotopic (exact) mass is 290 g/mol. The maximum Gasteiger partial charge on any atom is 0.407 e. The van der Waals surface area contributed by atoms with Crippen LogP contribution < -0.4 is 0 Å². The first kappa shape index (κ1) is 13.9. The van der Waals surface area contributed by atoms with E-state index in [0.717, 1.165) is 11.3 Å². The van der Waals surface area contributed by atoms with Crippen LogP contribution in [0, 0.1) is 5.92 Å². The van der Waals surface area contributed by atoms with Crippen molar-refractivity contribution in [2.24, 2.45) is 11.1 Å². The lowest BCUT2D eigenvalue weighted by molar-refractivity contribution is -0.226. The van der Waals surface area contributed by atoms with Crippen molar-refractivity contribution in [1.82, 2.24) is 4.90 Å². The van der Waals surface area contributed by atoms with Crippen molar-refractivity contribution in [3.63, 3.8) is 0 Å². The van der Waals surface area contributed by atoms with E-state index in [1.807, 2.05) is 30.3 Å². The van der Waals surface area contributed by atoms with E-state index in [9.17, 15) is 9.90 Å². The van der Waals surface area contributed by atoms with Crippen molar-refractivity contribution < 1.29 is 19.8 Å². The van der Waals surface area contributed by atoms with E-state index in [1.165, 1.54) is 4.90 Å². The second kappa shape index (κ2) is 5.37. The third-order valence-electron chi connectivity index (χ3n) is 4.25. The van der Waals surface area contributed by atoms with Crippen molar-refractivity contribution >= 4 is 11.8 Å². The van der Waals surface area contributed by atoms with Crippen LogP contribution in [0.15, 0.2) is 35.5 Å². The molecule has 0 aliphatic carbocycles. The fraction of sp³-hybridized carbons (Fsp3) is 0.467. The summed E-state index contributed by atoms with van der Waals surface area (Å²) in [6.45, 7) is 0.846. The molecule has 6 nitrogen and oxygen atoms in total. The van der Waals surface area contributed by atoms with Crippen LogP contribution in [0.4, 0.5) is 4.79 Å². The normalized spacial score (nSPS) is 26.3. The number of aliphatic hydroxyl groups is 1. The minimum absolute atomic E-state index is 0.0990. The second-order valence-electron chi connectivity index (χ2n) is 5.56. The average molecular weight is 290 g/mol. The highest BCUT2D eigenvalue weighted by Gasteiger charge is 2.46. The van der Waals surface area contributed by atoms with Gasteiger partial charge in [-0.2, -0.15) is 0 Å². The summed E-state index contributed by atoms with van der Waals surface area (Å²) in [6, 6.07) is 9.62. The van der Waals surface area contributed by atoms with Gasteiger partial charge in [-0.3, -0.25) is 0 Å². The lowest BCUT2D eigenvalue weighted by atomic mass is 9.85. The van der Waals surface area contributed by atoms with Crippen LogP contribution >= 0.6 is 0 Å². The van der Waals surface area contributed by atoms with Crippen LogP contribution in [0.2, 0.25) is 0 Å². The second-order valence-corrected chi connectivity index (χ2v) is 5.56. The molecule has 2 aliphatic rings. The highest BCUT2D eigenvalue weighted by molar-refractivity contribution is 6.01. The number of carboxylic acid groups (broad SMARTS) is 1. The number of amides is 1.